The van der Waals surface area contributed by atoms with E-state index in [-0.39, 0.29) is 0 Å². The number of nitrogens with one attached hydrogen (secondary N) is 1. The van der Waals surface area contributed by atoms with Gasteiger partial charge in [-0.1, -0.05) is 20.3 Å². The summed E-state index contributed by atoms with van der Waals surface area (Å²) in [5, 5.41) is 13.8. The molecule has 118 valence electrons. The van der Waals surface area contributed by atoms with Crippen molar-refractivity contribution in [1.29, 1.82) is 0 Å². The second-order valence-electron chi connectivity index (χ2n) is 7.31. The molecule has 0 aromatic heterocycles. The van der Waals surface area contributed by atoms with Gasteiger partial charge in [0, 0.05) is 25.7 Å². The summed E-state index contributed by atoms with van der Waals surface area (Å²) in [5.41, 5.74) is -0.421. The lowest BCUT2D eigenvalue weighted by atomic mass is 9.76. The van der Waals surface area contributed by atoms with E-state index in [1.165, 1.54) is 32.2 Å². The highest BCUT2D eigenvalue weighted by molar-refractivity contribution is 4.88. The number of nitrogens with zero attached hydrogens (tertiary/aromatic N) is 1. The van der Waals surface area contributed by atoms with Crippen LogP contribution in [0.3, 0.4) is 0 Å². The molecule has 0 amide bonds. The fourth-order valence-electron chi connectivity index (χ4n) is 4.01. The molecule has 1 aliphatic carbocycles. The minimum absolute atomic E-state index is 0.421. The number of likely N-dealkylation sites (tertiary alicyclic amines) is 1. The summed E-state index contributed by atoms with van der Waals surface area (Å²) in [5.74, 6) is 1.74. The number of hydrogen-bond acceptors (Lipinski definition) is 3. The summed E-state index contributed by atoms with van der Waals surface area (Å²) < 4.78 is 0. The molecule has 20 heavy (non-hydrogen) atoms. The molecule has 0 radical (unpaired) electrons. The van der Waals surface area contributed by atoms with E-state index in [1.807, 2.05) is 6.92 Å². The zero-order valence-corrected chi connectivity index (χ0v) is 13.7. The molecule has 0 bridgehead atoms. The van der Waals surface area contributed by atoms with Crippen LogP contribution >= 0.6 is 0 Å². The first-order valence-electron chi connectivity index (χ1n) is 8.72. The van der Waals surface area contributed by atoms with Crippen molar-refractivity contribution in [2.45, 2.75) is 70.9 Å². The van der Waals surface area contributed by atoms with E-state index in [0.717, 1.165) is 44.3 Å². The van der Waals surface area contributed by atoms with Crippen LogP contribution in [0.5, 0.6) is 0 Å². The molecule has 3 heteroatoms. The average Bonchev–Trinajstić information content (AvgIpc) is 2.43. The summed E-state index contributed by atoms with van der Waals surface area (Å²) in [7, 11) is 0. The van der Waals surface area contributed by atoms with Gasteiger partial charge in [0.15, 0.2) is 0 Å². The summed E-state index contributed by atoms with van der Waals surface area (Å²) in [6, 6.07) is 0.713. The molecule has 0 aromatic carbocycles. The fraction of sp³-hybridized carbons (Fsp3) is 1.00. The maximum absolute atomic E-state index is 10.1. The Labute approximate surface area is 125 Å². The Balaban J connectivity index is 1.87. The highest BCUT2D eigenvalue weighted by Gasteiger charge is 2.33. The molecule has 1 saturated carbocycles. The van der Waals surface area contributed by atoms with E-state index in [2.05, 4.69) is 24.1 Å². The maximum atomic E-state index is 10.1. The van der Waals surface area contributed by atoms with Gasteiger partial charge < -0.3 is 15.3 Å². The van der Waals surface area contributed by atoms with Gasteiger partial charge in [-0.15, -0.1) is 0 Å². The summed E-state index contributed by atoms with van der Waals surface area (Å²) in [6.07, 6.45) is 7.35. The smallest absolute Gasteiger partial charge is 0.0644 e. The van der Waals surface area contributed by atoms with E-state index in [1.54, 1.807) is 0 Å². The summed E-state index contributed by atoms with van der Waals surface area (Å²) in [4.78, 5) is 2.59. The van der Waals surface area contributed by atoms with Gasteiger partial charge in [0.25, 0.3) is 0 Å². The maximum Gasteiger partial charge on any atom is 0.0644 e. The monoisotopic (exact) mass is 282 g/mol. The van der Waals surface area contributed by atoms with Crippen molar-refractivity contribution in [2.24, 2.45) is 11.8 Å². The van der Waals surface area contributed by atoms with Gasteiger partial charge in [-0.2, -0.15) is 0 Å². The van der Waals surface area contributed by atoms with Crippen LogP contribution in [0.4, 0.5) is 0 Å². The Morgan fingerprint density at radius 2 is 1.90 bits per heavy atom. The first-order chi connectivity index (χ1) is 9.54. The van der Waals surface area contributed by atoms with Crippen LogP contribution in [0.15, 0.2) is 0 Å². The zero-order chi connectivity index (χ0) is 14.6. The molecular formula is C17H34N2O. The first kappa shape index (κ1) is 16.3. The van der Waals surface area contributed by atoms with Gasteiger partial charge in [-0.25, -0.2) is 0 Å². The largest absolute Gasteiger partial charge is 0.390 e. The molecule has 2 fully saturated rings. The third-order valence-corrected chi connectivity index (χ3v) is 5.56. The van der Waals surface area contributed by atoms with Crippen LogP contribution in [0, 0.1) is 11.8 Å². The van der Waals surface area contributed by atoms with Gasteiger partial charge in [-0.05, 0) is 57.4 Å². The van der Waals surface area contributed by atoms with Crippen LogP contribution in [-0.2, 0) is 0 Å². The van der Waals surface area contributed by atoms with Crippen LogP contribution in [0.2, 0.25) is 0 Å². The molecule has 2 aliphatic rings. The van der Waals surface area contributed by atoms with Gasteiger partial charge in [0.05, 0.1) is 5.60 Å². The van der Waals surface area contributed by atoms with Crippen molar-refractivity contribution < 1.29 is 5.11 Å². The Bertz CT molecular complexity index is 283. The second kappa shape index (κ2) is 7.24. The average molecular weight is 282 g/mol. The van der Waals surface area contributed by atoms with E-state index in [0.29, 0.717) is 6.04 Å². The van der Waals surface area contributed by atoms with E-state index < -0.39 is 5.60 Å². The molecule has 1 aliphatic heterocycles. The van der Waals surface area contributed by atoms with Crippen molar-refractivity contribution in [1.82, 2.24) is 10.2 Å². The van der Waals surface area contributed by atoms with Crippen molar-refractivity contribution in [3.63, 3.8) is 0 Å². The third-order valence-electron chi connectivity index (χ3n) is 5.56. The molecule has 3 atom stereocenters. The van der Waals surface area contributed by atoms with Gasteiger partial charge >= 0.3 is 0 Å². The standard InChI is InChI=1S/C17H34N2O/c1-4-14-6-7-16(18-5-2)15(12-14)13-19-10-8-17(3,20)9-11-19/h14-16,18,20H,4-13H2,1-3H3. The highest BCUT2D eigenvalue weighted by atomic mass is 16.3. The van der Waals surface area contributed by atoms with Crippen molar-refractivity contribution in [3.05, 3.63) is 0 Å². The Morgan fingerprint density at radius 1 is 1.20 bits per heavy atom. The van der Waals surface area contributed by atoms with Crippen LogP contribution in [0.25, 0.3) is 0 Å². The van der Waals surface area contributed by atoms with Crippen molar-refractivity contribution >= 4 is 0 Å². The zero-order valence-electron chi connectivity index (χ0n) is 13.7. The molecule has 1 saturated heterocycles. The molecular weight excluding hydrogens is 248 g/mol. The molecule has 2 rings (SSSR count). The van der Waals surface area contributed by atoms with Gasteiger partial charge in [0.2, 0.25) is 0 Å². The fourth-order valence-corrected chi connectivity index (χ4v) is 4.01. The summed E-state index contributed by atoms with van der Waals surface area (Å²) in [6.45, 7) is 11.0. The molecule has 2 N–H and O–H groups in total. The SMILES string of the molecule is CCNC1CCC(CC)CC1CN1CCC(C)(O)CC1. The Hall–Kier alpha value is -0.120. The van der Waals surface area contributed by atoms with Crippen LogP contribution in [0.1, 0.15) is 59.3 Å². The van der Waals surface area contributed by atoms with Crippen LogP contribution in [-0.4, -0.2) is 47.8 Å². The molecule has 0 aromatic rings. The second-order valence-corrected chi connectivity index (χ2v) is 7.31. The summed E-state index contributed by atoms with van der Waals surface area (Å²) >= 11 is 0. The Morgan fingerprint density at radius 3 is 2.50 bits per heavy atom. The number of rotatable bonds is 5. The van der Waals surface area contributed by atoms with Gasteiger partial charge in [0.1, 0.15) is 0 Å². The van der Waals surface area contributed by atoms with E-state index >= 15 is 0 Å². The molecule has 0 spiro atoms. The third kappa shape index (κ3) is 4.44. The lowest BCUT2D eigenvalue weighted by Crippen LogP contribution is -2.49. The first-order valence-corrected chi connectivity index (χ1v) is 8.72. The normalized spacial score (nSPS) is 35.1. The molecule has 3 unspecified atom stereocenters. The number of piperidine rings is 1. The predicted molar refractivity (Wildman–Crippen MR) is 84.9 cm³/mol. The van der Waals surface area contributed by atoms with Gasteiger partial charge in [-0.3, -0.25) is 0 Å². The van der Waals surface area contributed by atoms with Crippen molar-refractivity contribution in [3.8, 4) is 0 Å². The lowest BCUT2D eigenvalue weighted by molar-refractivity contribution is -0.0127. The minimum Gasteiger partial charge on any atom is -0.390 e. The highest BCUT2D eigenvalue weighted by Crippen LogP contribution is 2.33. The minimum atomic E-state index is -0.421. The topological polar surface area (TPSA) is 35.5 Å². The van der Waals surface area contributed by atoms with Crippen LogP contribution < -0.4 is 5.32 Å². The van der Waals surface area contributed by atoms with E-state index in [9.17, 15) is 5.11 Å². The van der Waals surface area contributed by atoms with E-state index in [4.69, 9.17) is 0 Å². The lowest BCUT2D eigenvalue weighted by Gasteiger charge is -2.42. The van der Waals surface area contributed by atoms with Crippen molar-refractivity contribution in [2.75, 3.05) is 26.2 Å². The quantitative estimate of drug-likeness (QED) is 0.814. The molecule has 3 nitrogen and oxygen atoms in total. The molecule has 1 heterocycles. The predicted octanol–water partition coefficient (Wildman–Crippen LogP) is 2.64. The number of hydrogen-bond donors (Lipinski definition) is 2. The Kier molecular flexibility index (Phi) is 5.88. The number of aliphatic hydroxyl groups is 1.